The minimum atomic E-state index is -0.756. The molecule has 0 saturated carbocycles. The first-order valence-electron chi connectivity index (χ1n) is 3.25. The van der Waals surface area contributed by atoms with Gasteiger partial charge in [-0.25, -0.2) is 13.8 Å². The van der Waals surface area contributed by atoms with Crippen molar-refractivity contribution in [3.8, 4) is 0 Å². The Bertz CT molecular complexity index is 361. The fraction of sp³-hybridized carbons (Fsp3) is 0. The van der Waals surface area contributed by atoms with Crippen molar-refractivity contribution < 1.29 is 8.78 Å². The molecule has 0 amide bonds. The molecule has 0 aliphatic carbocycles. The zero-order valence-electron chi connectivity index (χ0n) is 6.39. The molecule has 0 fully saturated rings. The van der Waals surface area contributed by atoms with Crippen molar-refractivity contribution in [2.24, 2.45) is 16.5 Å². The van der Waals surface area contributed by atoms with Crippen LogP contribution in [0, 0.1) is 15.2 Å². The van der Waals surface area contributed by atoms with E-state index in [9.17, 15) is 8.78 Å². The lowest BCUT2D eigenvalue weighted by Gasteiger charge is -2.00. The van der Waals surface area contributed by atoms with Crippen molar-refractivity contribution >= 4 is 34.2 Å². The minimum absolute atomic E-state index is 0.0641. The molecule has 1 aromatic rings. The lowest BCUT2D eigenvalue weighted by atomic mass is 10.3. The van der Waals surface area contributed by atoms with Crippen LogP contribution in [0.25, 0.3) is 0 Å². The number of hydrogen-bond donors (Lipinski definition) is 2. The lowest BCUT2D eigenvalue weighted by molar-refractivity contribution is 0.572. The van der Waals surface area contributed by atoms with E-state index in [1.165, 1.54) is 6.07 Å². The van der Waals surface area contributed by atoms with Crippen molar-refractivity contribution in [2.75, 3.05) is 0 Å². The summed E-state index contributed by atoms with van der Waals surface area (Å²) in [6.45, 7) is 0. The predicted molar refractivity (Wildman–Crippen MR) is 54.5 cm³/mol. The molecule has 4 N–H and O–H groups in total. The summed E-state index contributed by atoms with van der Waals surface area (Å²) >= 11 is 1.54. The normalized spacial score (nSPS) is 9.77. The van der Waals surface area contributed by atoms with Crippen molar-refractivity contribution in [2.45, 2.75) is 0 Å². The van der Waals surface area contributed by atoms with Crippen LogP contribution >= 0.6 is 22.6 Å². The first-order valence-corrected chi connectivity index (χ1v) is 4.33. The Labute approximate surface area is 87.0 Å². The summed E-state index contributed by atoms with van der Waals surface area (Å²) in [4.78, 5) is 3.49. The van der Waals surface area contributed by atoms with E-state index in [1.54, 1.807) is 22.6 Å². The van der Waals surface area contributed by atoms with Crippen LogP contribution in [-0.4, -0.2) is 5.96 Å². The predicted octanol–water partition coefficient (Wildman–Crippen LogP) is 1.47. The van der Waals surface area contributed by atoms with Crippen LogP contribution in [0.1, 0.15) is 0 Å². The quantitative estimate of drug-likeness (QED) is 0.357. The molecule has 70 valence electrons. The van der Waals surface area contributed by atoms with Gasteiger partial charge in [0.1, 0.15) is 11.5 Å². The maximum Gasteiger partial charge on any atom is 0.191 e. The Morgan fingerprint density at radius 2 is 1.92 bits per heavy atom. The smallest absolute Gasteiger partial charge is 0.191 e. The second-order valence-corrected chi connectivity index (χ2v) is 3.31. The van der Waals surface area contributed by atoms with Crippen molar-refractivity contribution in [3.63, 3.8) is 0 Å². The molecule has 3 nitrogen and oxygen atoms in total. The Balaban J connectivity index is 3.26. The highest BCUT2D eigenvalue weighted by Crippen LogP contribution is 2.24. The number of nitrogens with zero attached hydrogens (tertiary/aromatic N) is 1. The molecule has 0 aliphatic rings. The molecule has 0 spiro atoms. The monoisotopic (exact) mass is 297 g/mol. The molecule has 0 saturated heterocycles. The van der Waals surface area contributed by atoms with E-state index in [1.807, 2.05) is 0 Å². The third-order valence-electron chi connectivity index (χ3n) is 1.26. The van der Waals surface area contributed by atoms with Gasteiger partial charge in [0.15, 0.2) is 11.8 Å². The third kappa shape index (κ3) is 2.27. The summed E-state index contributed by atoms with van der Waals surface area (Å²) in [5, 5.41) is 0. The van der Waals surface area contributed by atoms with E-state index in [-0.39, 0.29) is 15.2 Å². The third-order valence-corrected chi connectivity index (χ3v) is 2.25. The molecular formula is C7H6F2IN3. The van der Waals surface area contributed by atoms with E-state index in [0.29, 0.717) is 0 Å². The van der Waals surface area contributed by atoms with E-state index < -0.39 is 11.6 Å². The van der Waals surface area contributed by atoms with Crippen LogP contribution in [-0.2, 0) is 0 Å². The number of benzene rings is 1. The van der Waals surface area contributed by atoms with Gasteiger partial charge in [0.2, 0.25) is 0 Å². The second kappa shape index (κ2) is 3.86. The molecule has 1 aromatic carbocycles. The van der Waals surface area contributed by atoms with E-state index >= 15 is 0 Å². The fourth-order valence-corrected chi connectivity index (χ4v) is 1.20. The van der Waals surface area contributed by atoms with Crippen LogP contribution in [0.15, 0.2) is 17.1 Å². The highest BCUT2D eigenvalue weighted by Gasteiger charge is 2.10. The van der Waals surface area contributed by atoms with Crippen LogP contribution in [0.5, 0.6) is 0 Å². The number of halogens is 3. The van der Waals surface area contributed by atoms with Gasteiger partial charge in [-0.15, -0.1) is 0 Å². The number of guanidine groups is 1. The first-order chi connectivity index (χ1) is 6.02. The van der Waals surface area contributed by atoms with Gasteiger partial charge < -0.3 is 11.5 Å². The maximum atomic E-state index is 13.2. The summed E-state index contributed by atoms with van der Waals surface area (Å²) in [5.74, 6) is -1.65. The molecule has 0 radical (unpaired) electrons. The minimum Gasteiger partial charge on any atom is -0.370 e. The molecule has 0 aromatic heterocycles. The molecule has 13 heavy (non-hydrogen) atoms. The van der Waals surface area contributed by atoms with Gasteiger partial charge in [0, 0.05) is 0 Å². The van der Waals surface area contributed by atoms with Gasteiger partial charge in [-0.1, -0.05) is 0 Å². The average molecular weight is 297 g/mol. The van der Waals surface area contributed by atoms with E-state index in [2.05, 4.69) is 4.99 Å². The van der Waals surface area contributed by atoms with E-state index in [0.717, 1.165) is 6.07 Å². The summed E-state index contributed by atoms with van der Waals surface area (Å²) in [7, 11) is 0. The van der Waals surface area contributed by atoms with Crippen LogP contribution in [0.2, 0.25) is 0 Å². The lowest BCUT2D eigenvalue weighted by Crippen LogP contribution is -2.22. The molecule has 1 rings (SSSR count). The van der Waals surface area contributed by atoms with Crippen LogP contribution < -0.4 is 11.5 Å². The Morgan fingerprint density at radius 3 is 2.46 bits per heavy atom. The first kappa shape index (κ1) is 10.2. The van der Waals surface area contributed by atoms with Gasteiger partial charge in [0.25, 0.3) is 0 Å². The molecular weight excluding hydrogens is 291 g/mol. The van der Waals surface area contributed by atoms with Gasteiger partial charge in [0.05, 0.1) is 3.57 Å². The molecule has 0 unspecified atom stereocenters. The van der Waals surface area contributed by atoms with Crippen LogP contribution in [0.3, 0.4) is 0 Å². The molecule has 0 heterocycles. The zero-order chi connectivity index (χ0) is 10.0. The van der Waals surface area contributed by atoms with Crippen molar-refractivity contribution in [3.05, 3.63) is 27.3 Å². The number of aliphatic imine (C=N–C) groups is 1. The highest BCUT2D eigenvalue weighted by molar-refractivity contribution is 14.1. The topological polar surface area (TPSA) is 64.4 Å². The highest BCUT2D eigenvalue weighted by atomic mass is 127. The number of hydrogen-bond acceptors (Lipinski definition) is 1. The van der Waals surface area contributed by atoms with Gasteiger partial charge in [-0.3, -0.25) is 0 Å². The van der Waals surface area contributed by atoms with Crippen molar-refractivity contribution in [1.29, 1.82) is 0 Å². The average Bonchev–Trinajstić information content (AvgIpc) is 2.06. The summed E-state index contributed by atoms with van der Waals surface area (Å²) in [6, 6.07) is 2.28. The maximum absolute atomic E-state index is 13.2. The zero-order valence-corrected chi connectivity index (χ0v) is 8.55. The fourth-order valence-electron chi connectivity index (χ4n) is 0.741. The Morgan fingerprint density at radius 1 is 1.31 bits per heavy atom. The summed E-state index contributed by atoms with van der Waals surface area (Å²) in [6.07, 6.45) is 0. The molecule has 0 bridgehead atoms. The Kier molecular flexibility index (Phi) is 3.02. The van der Waals surface area contributed by atoms with Gasteiger partial charge in [-0.05, 0) is 34.7 Å². The SMILES string of the molecule is NC(N)=Nc1ccc(F)c(I)c1F. The van der Waals surface area contributed by atoms with Crippen molar-refractivity contribution in [1.82, 2.24) is 0 Å². The second-order valence-electron chi connectivity index (χ2n) is 2.23. The molecule has 0 atom stereocenters. The largest absolute Gasteiger partial charge is 0.370 e. The summed E-state index contributed by atoms with van der Waals surface area (Å²) in [5.41, 5.74) is 10.0. The van der Waals surface area contributed by atoms with Gasteiger partial charge >= 0.3 is 0 Å². The molecule has 6 heteroatoms. The number of rotatable bonds is 1. The Hall–Kier alpha value is -0.920. The molecule has 0 aliphatic heterocycles. The van der Waals surface area contributed by atoms with Crippen LogP contribution in [0.4, 0.5) is 14.5 Å². The summed E-state index contributed by atoms with van der Waals surface area (Å²) < 4.78 is 25.8. The van der Waals surface area contributed by atoms with Gasteiger partial charge in [-0.2, -0.15) is 0 Å². The van der Waals surface area contributed by atoms with E-state index in [4.69, 9.17) is 11.5 Å². The standard InChI is InChI=1S/C7H6F2IN3/c8-3-1-2-4(13-7(11)12)5(9)6(3)10/h1-2H,(H4,11,12,13). The number of nitrogens with two attached hydrogens (primary N) is 2.